The third-order valence-electron chi connectivity index (χ3n) is 3.77. The van der Waals surface area contributed by atoms with Crippen LogP contribution in [0.15, 0.2) is 0 Å². The van der Waals surface area contributed by atoms with Crippen LogP contribution in [0.5, 0.6) is 0 Å². The van der Waals surface area contributed by atoms with Crippen LogP contribution in [0.4, 0.5) is 13.2 Å². The number of rotatable bonds is 3. The molecule has 0 radical (unpaired) electrons. The number of alkyl halides is 3. The summed E-state index contributed by atoms with van der Waals surface area (Å²) in [6.07, 6.45) is -3.10. The lowest BCUT2D eigenvalue weighted by Crippen LogP contribution is -2.52. The van der Waals surface area contributed by atoms with Gasteiger partial charge in [0, 0.05) is 11.6 Å². The molecule has 3 nitrogen and oxygen atoms in total. The summed E-state index contributed by atoms with van der Waals surface area (Å²) >= 11 is 0. The van der Waals surface area contributed by atoms with Crippen molar-refractivity contribution in [2.24, 2.45) is 5.92 Å². The van der Waals surface area contributed by atoms with Crippen LogP contribution in [0.2, 0.25) is 0 Å². The van der Waals surface area contributed by atoms with Crippen molar-refractivity contribution in [3.63, 3.8) is 0 Å². The van der Waals surface area contributed by atoms with E-state index in [0.717, 1.165) is 0 Å². The van der Waals surface area contributed by atoms with Gasteiger partial charge in [-0.15, -0.1) is 0 Å². The number of halogens is 3. The fourth-order valence-electron chi connectivity index (χ4n) is 2.77. The second kappa shape index (κ2) is 5.69. The van der Waals surface area contributed by atoms with E-state index in [1.165, 1.54) is 0 Å². The van der Waals surface area contributed by atoms with Crippen molar-refractivity contribution < 1.29 is 23.1 Å². The highest BCUT2D eigenvalue weighted by Crippen LogP contribution is 2.39. The zero-order chi connectivity index (χ0) is 14.8. The fraction of sp³-hybridized carbons (Fsp3) is 0.923. The molecule has 19 heavy (non-hydrogen) atoms. The molecule has 1 aliphatic carbocycles. The largest absolute Gasteiger partial charge is 0.480 e. The summed E-state index contributed by atoms with van der Waals surface area (Å²) in [5.41, 5.74) is -0.353. The molecule has 0 atom stereocenters. The number of carboxylic acids is 1. The quantitative estimate of drug-likeness (QED) is 0.863. The minimum Gasteiger partial charge on any atom is -0.480 e. The summed E-state index contributed by atoms with van der Waals surface area (Å²) in [6.45, 7) is 5.56. The van der Waals surface area contributed by atoms with Crippen LogP contribution in [0.25, 0.3) is 0 Å². The monoisotopic (exact) mass is 281 g/mol. The average molecular weight is 281 g/mol. The maximum atomic E-state index is 12.6. The zero-order valence-corrected chi connectivity index (χ0v) is 11.6. The van der Waals surface area contributed by atoms with Gasteiger partial charge in [0.05, 0.1) is 12.5 Å². The van der Waals surface area contributed by atoms with Crippen LogP contribution in [-0.2, 0) is 4.79 Å². The molecule has 112 valence electrons. The summed E-state index contributed by atoms with van der Waals surface area (Å²) < 4.78 is 37.8. The highest BCUT2D eigenvalue weighted by Gasteiger charge is 2.43. The van der Waals surface area contributed by atoms with E-state index in [4.69, 9.17) is 5.11 Å². The lowest BCUT2D eigenvalue weighted by atomic mass is 9.83. The van der Waals surface area contributed by atoms with Gasteiger partial charge in [-0.1, -0.05) is 0 Å². The van der Waals surface area contributed by atoms with Gasteiger partial charge in [-0.2, -0.15) is 13.2 Å². The van der Waals surface area contributed by atoms with E-state index in [1.54, 1.807) is 0 Å². The van der Waals surface area contributed by atoms with Gasteiger partial charge in [0.2, 0.25) is 0 Å². The number of nitrogens with zero attached hydrogens (tertiary/aromatic N) is 1. The first-order chi connectivity index (χ1) is 8.51. The second-order valence-electron chi connectivity index (χ2n) is 6.24. The van der Waals surface area contributed by atoms with E-state index < -0.39 is 18.1 Å². The van der Waals surface area contributed by atoms with Crippen molar-refractivity contribution in [3.05, 3.63) is 0 Å². The van der Waals surface area contributed by atoms with Gasteiger partial charge in [-0.3, -0.25) is 9.69 Å². The van der Waals surface area contributed by atoms with Crippen molar-refractivity contribution in [3.8, 4) is 0 Å². The van der Waals surface area contributed by atoms with Gasteiger partial charge in [-0.25, -0.2) is 0 Å². The molecule has 1 saturated carbocycles. The Bertz CT molecular complexity index is 315. The van der Waals surface area contributed by atoms with E-state index >= 15 is 0 Å². The first-order valence-corrected chi connectivity index (χ1v) is 6.57. The lowest BCUT2D eigenvalue weighted by Gasteiger charge is -2.43. The molecule has 0 heterocycles. The first-order valence-electron chi connectivity index (χ1n) is 6.57. The van der Waals surface area contributed by atoms with E-state index in [0.29, 0.717) is 12.8 Å². The Labute approximate surface area is 111 Å². The summed E-state index contributed by atoms with van der Waals surface area (Å²) in [4.78, 5) is 12.7. The molecular formula is C13H22F3NO2. The molecule has 0 unspecified atom stereocenters. The number of aliphatic carboxylic acids is 1. The van der Waals surface area contributed by atoms with Crippen LogP contribution < -0.4 is 0 Å². The minimum absolute atomic E-state index is 0.0744. The molecule has 0 amide bonds. The molecule has 0 aliphatic heterocycles. The van der Waals surface area contributed by atoms with Gasteiger partial charge in [0.15, 0.2) is 0 Å². The molecule has 0 aromatic carbocycles. The van der Waals surface area contributed by atoms with Gasteiger partial charge >= 0.3 is 12.1 Å². The van der Waals surface area contributed by atoms with Crippen molar-refractivity contribution in [1.82, 2.24) is 4.90 Å². The van der Waals surface area contributed by atoms with Crippen LogP contribution >= 0.6 is 0 Å². The maximum absolute atomic E-state index is 12.6. The van der Waals surface area contributed by atoms with Crippen molar-refractivity contribution >= 4 is 5.97 Å². The van der Waals surface area contributed by atoms with Gasteiger partial charge in [0.25, 0.3) is 0 Å². The Morgan fingerprint density at radius 3 is 1.95 bits per heavy atom. The number of hydrogen-bond donors (Lipinski definition) is 1. The molecule has 1 rings (SSSR count). The van der Waals surface area contributed by atoms with Crippen LogP contribution in [-0.4, -0.2) is 40.3 Å². The summed E-state index contributed by atoms with van der Waals surface area (Å²) in [7, 11) is 0. The SMILES string of the molecule is CC(C)(C)N(CC(=O)O)C1CCC(C(F)(F)F)CC1. The third kappa shape index (κ3) is 4.67. The molecule has 1 fully saturated rings. The van der Waals surface area contributed by atoms with E-state index in [-0.39, 0.29) is 31.0 Å². The van der Waals surface area contributed by atoms with E-state index in [2.05, 4.69) is 0 Å². The van der Waals surface area contributed by atoms with Gasteiger partial charge < -0.3 is 5.11 Å². The lowest BCUT2D eigenvalue weighted by molar-refractivity contribution is -0.185. The normalized spacial score (nSPS) is 25.6. The average Bonchev–Trinajstić information content (AvgIpc) is 2.23. The van der Waals surface area contributed by atoms with E-state index in [9.17, 15) is 18.0 Å². The standard InChI is InChI=1S/C13H22F3NO2/c1-12(2,3)17(8-11(18)19)10-6-4-9(5-7-10)13(14,15)16/h9-10H,4-8H2,1-3H3,(H,18,19). The van der Waals surface area contributed by atoms with E-state index in [1.807, 2.05) is 25.7 Å². The van der Waals surface area contributed by atoms with Crippen molar-refractivity contribution in [2.45, 2.75) is 64.2 Å². The number of carboxylic acid groups (broad SMARTS) is 1. The molecule has 1 aliphatic rings. The molecular weight excluding hydrogens is 259 g/mol. The summed E-state index contributed by atoms with van der Waals surface area (Å²) in [6, 6.07) is -0.0744. The predicted octanol–water partition coefficient (Wildman–Crippen LogP) is 3.29. The Morgan fingerprint density at radius 2 is 1.63 bits per heavy atom. The predicted molar refractivity (Wildman–Crippen MR) is 65.9 cm³/mol. The molecule has 6 heteroatoms. The molecule has 0 saturated heterocycles. The molecule has 0 aromatic rings. The Balaban J connectivity index is 2.67. The van der Waals surface area contributed by atoms with Crippen molar-refractivity contribution in [1.29, 1.82) is 0 Å². The van der Waals surface area contributed by atoms with Gasteiger partial charge in [-0.05, 0) is 46.5 Å². The number of carbonyl (C=O) groups is 1. The molecule has 1 N–H and O–H groups in total. The minimum atomic E-state index is -4.12. The first kappa shape index (κ1) is 16.3. The topological polar surface area (TPSA) is 40.5 Å². The van der Waals surface area contributed by atoms with Gasteiger partial charge in [0.1, 0.15) is 0 Å². The maximum Gasteiger partial charge on any atom is 0.391 e. The molecule has 0 aromatic heterocycles. The number of hydrogen-bond acceptors (Lipinski definition) is 2. The van der Waals surface area contributed by atoms with Crippen LogP contribution in [0, 0.1) is 5.92 Å². The van der Waals surface area contributed by atoms with Crippen LogP contribution in [0.3, 0.4) is 0 Å². The second-order valence-corrected chi connectivity index (χ2v) is 6.24. The highest BCUT2D eigenvalue weighted by molar-refractivity contribution is 5.69. The Morgan fingerprint density at radius 1 is 1.16 bits per heavy atom. The molecule has 0 spiro atoms. The summed E-state index contributed by atoms with van der Waals surface area (Å²) in [5.74, 6) is -2.16. The Kier molecular flexibility index (Phi) is 4.87. The highest BCUT2D eigenvalue weighted by atomic mass is 19.4. The van der Waals surface area contributed by atoms with Crippen LogP contribution in [0.1, 0.15) is 46.5 Å². The zero-order valence-electron chi connectivity index (χ0n) is 11.6. The Hall–Kier alpha value is -0.780. The fourth-order valence-corrected chi connectivity index (χ4v) is 2.77. The third-order valence-corrected chi connectivity index (χ3v) is 3.77. The molecule has 0 bridgehead atoms. The van der Waals surface area contributed by atoms with Crippen molar-refractivity contribution in [2.75, 3.05) is 6.54 Å². The smallest absolute Gasteiger partial charge is 0.391 e. The summed E-state index contributed by atoms with van der Waals surface area (Å²) in [5, 5.41) is 8.94.